The van der Waals surface area contributed by atoms with Gasteiger partial charge in [0.2, 0.25) is 0 Å². The number of nitrogens with zero attached hydrogens (tertiary/aromatic N) is 1. The van der Waals surface area contributed by atoms with Crippen LogP contribution in [0.25, 0.3) is 0 Å². The number of thiocarbonyl (C=S) groups is 1. The number of phenolic OH excluding ortho intramolecular Hbond substituents is 1. The second kappa shape index (κ2) is 8.15. The van der Waals surface area contributed by atoms with Gasteiger partial charge in [0, 0.05) is 17.3 Å². The largest absolute Gasteiger partial charge is 0.508 e. The molecule has 0 aliphatic heterocycles. The van der Waals surface area contributed by atoms with Crippen LogP contribution in [0.1, 0.15) is 18.6 Å². The van der Waals surface area contributed by atoms with Crippen LogP contribution in [-0.2, 0) is 0 Å². The topological polar surface area (TPSA) is 55.7 Å². The van der Waals surface area contributed by atoms with E-state index in [0.717, 1.165) is 5.69 Å². The maximum Gasteiger partial charge on any atom is 0.173 e. The lowest BCUT2D eigenvalue weighted by Gasteiger charge is -2.27. The number of aromatic hydroxyl groups is 1. The van der Waals surface area contributed by atoms with Crippen LogP contribution in [0.4, 0.5) is 5.69 Å². The minimum Gasteiger partial charge on any atom is -0.508 e. The van der Waals surface area contributed by atoms with E-state index in [-0.39, 0.29) is 5.75 Å². The molecule has 0 amide bonds. The van der Waals surface area contributed by atoms with Gasteiger partial charge >= 0.3 is 0 Å². The second-order valence-electron chi connectivity index (χ2n) is 5.09. The molecular weight excluding hydrogens is 332 g/mol. The summed E-state index contributed by atoms with van der Waals surface area (Å²) in [5.74, 6) is 0.129. The van der Waals surface area contributed by atoms with Gasteiger partial charge in [0.05, 0.1) is 12.6 Å². The third-order valence-corrected chi connectivity index (χ3v) is 3.99. The summed E-state index contributed by atoms with van der Waals surface area (Å²) in [5, 5.41) is 24.1. The predicted octanol–water partition coefficient (Wildman–Crippen LogP) is 3.80. The number of hydrogen-bond donors (Lipinski definition) is 3. The Morgan fingerprint density at radius 1 is 1.26 bits per heavy atom. The number of rotatable bonds is 5. The highest BCUT2D eigenvalue weighted by molar-refractivity contribution is 7.80. The van der Waals surface area contributed by atoms with Crippen molar-refractivity contribution in [3.8, 4) is 5.75 Å². The van der Waals surface area contributed by atoms with Crippen molar-refractivity contribution in [1.29, 1.82) is 0 Å². The number of likely N-dealkylation sites (N-methyl/N-ethyl adjacent to an activating group) is 1. The standard InChI is InChI=1S/C17H19ClN2O2S/c1-2-20(11-16(22)12-5-3-8-15(21)9-12)17(23)19-14-7-4-6-13(18)10-14/h3-10,16,21-22H,2,11H2,1H3,(H,19,23). The smallest absolute Gasteiger partial charge is 0.173 e. The molecule has 2 aromatic carbocycles. The van der Waals surface area contributed by atoms with Crippen LogP contribution in [0.5, 0.6) is 5.75 Å². The average molecular weight is 351 g/mol. The highest BCUT2D eigenvalue weighted by atomic mass is 35.5. The van der Waals surface area contributed by atoms with Gasteiger partial charge in [-0.25, -0.2) is 0 Å². The first-order valence-electron chi connectivity index (χ1n) is 7.28. The van der Waals surface area contributed by atoms with E-state index in [9.17, 15) is 10.2 Å². The lowest BCUT2D eigenvalue weighted by atomic mass is 10.1. The monoisotopic (exact) mass is 350 g/mol. The molecule has 4 nitrogen and oxygen atoms in total. The van der Waals surface area contributed by atoms with Crippen LogP contribution < -0.4 is 5.32 Å². The Morgan fingerprint density at radius 3 is 2.65 bits per heavy atom. The number of aliphatic hydroxyl groups is 1. The molecule has 6 heteroatoms. The van der Waals surface area contributed by atoms with E-state index in [1.807, 2.05) is 24.0 Å². The van der Waals surface area contributed by atoms with Crippen molar-refractivity contribution in [3.05, 3.63) is 59.1 Å². The molecule has 3 N–H and O–H groups in total. The SMILES string of the molecule is CCN(CC(O)c1cccc(O)c1)C(=S)Nc1cccc(Cl)c1. The van der Waals surface area contributed by atoms with Gasteiger partial charge in [-0.1, -0.05) is 29.8 Å². The summed E-state index contributed by atoms with van der Waals surface area (Å²) in [6, 6.07) is 13.9. The van der Waals surface area contributed by atoms with Gasteiger partial charge in [0.15, 0.2) is 5.11 Å². The molecule has 0 aliphatic rings. The number of hydrogen-bond acceptors (Lipinski definition) is 3. The Bertz CT molecular complexity index is 681. The molecule has 0 saturated heterocycles. The van der Waals surface area contributed by atoms with Crippen LogP contribution in [-0.4, -0.2) is 33.3 Å². The fraction of sp³-hybridized carbons (Fsp3) is 0.235. The van der Waals surface area contributed by atoms with Gasteiger partial charge in [-0.15, -0.1) is 0 Å². The first-order valence-corrected chi connectivity index (χ1v) is 8.06. The maximum absolute atomic E-state index is 10.3. The zero-order valence-electron chi connectivity index (χ0n) is 12.7. The fourth-order valence-electron chi connectivity index (χ4n) is 2.17. The number of anilines is 1. The van der Waals surface area contributed by atoms with Crippen molar-refractivity contribution in [2.45, 2.75) is 13.0 Å². The second-order valence-corrected chi connectivity index (χ2v) is 5.91. The molecule has 0 bridgehead atoms. The molecule has 2 rings (SSSR count). The molecule has 0 saturated carbocycles. The van der Waals surface area contributed by atoms with Crippen LogP contribution >= 0.6 is 23.8 Å². The Kier molecular flexibility index (Phi) is 6.21. The van der Waals surface area contributed by atoms with Crippen molar-refractivity contribution < 1.29 is 10.2 Å². The van der Waals surface area contributed by atoms with Crippen molar-refractivity contribution in [3.63, 3.8) is 0 Å². The summed E-state index contributed by atoms with van der Waals surface area (Å²) in [7, 11) is 0. The van der Waals surface area contributed by atoms with E-state index in [1.54, 1.807) is 36.4 Å². The van der Waals surface area contributed by atoms with Gasteiger partial charge in [0.1, 0.15) is 5.75 Å². The molecule has 0 aliphatic carbocycles. The van der Waals surface area contributed by atoms with Gasteiger partial charge in [-0.05, 0) is 55.0 Å². The van der Waals surface area contributed by atoms with Crippen molar-refractivity contribution in [2.24, 2.45) is 0 Å². The highest BCUT2D eigenvalue weighted by Gasteiger charge is 2.15. The Morgan fingerprint density at radius 2 is 2.00 bits per heavy atom. The normalized spacial score (nSPS) is 11.8. The Hall–Kier alpha value is -1.82. The highest BCUT2D eigenvalue weighted by Crippen LogP contribution is 2.20. The summed E-state index contributed by atoms with van der Waals surface area (Å²) in [5.41, 5.74) is 1.45. The summed E-state index contributed by atoms with van der Waals surface area (Å²) in [6.07, 6.45) is -0.749. The number of nitrogens with one attached hydrogen (secondary N) is 1. The average Bonchev–Trinajstić information content (AvgIpc) is 2.52. The molecule has 1 unspecified atom stereocenters. The van der Waals surface area contributed by atoms with Crippen LogP contribution in [0.2, 0.25) is 5.02 Å². The minimum absolute atomic E-state index is 0.129. The van der Waals surface area contributed by atoms with Gasteiger partial charge in [-0.3, -0.25) is 0 Å². The Balaban J connectivity index is 2.02. The molecular formula is C17H19ClN2O2S. The number of halogens is 1. The molecule has 23 heavy (non-hydrogen) atoms. The quantitative estimate of drug-likeness (QED) is 0.716. The molecule has 1 atom stereocenters. The third-order valence-electron chi connectivity index (χ3n) is 3.39. The fourth-order valence-corrected chi connectivity index (χ4v) is 2.68. The van der Waals surface area contributed by atoms with Crippen LogP contribution in [0.3, 0.4) is 0 Å². The van der Waals surface area contributed by atoms with Crippen molar-refractivity contribution in [2.75, 3.05) is 18.4 Å². The van der Waals surface area contributed by atoms with E-state index in [2.05, 4.69) is 5.32 Å². The van der Waals surface area contributed by atoms with E-state index >= 15 is 0 Å². The molecule has 0 radical (unpaired) electrons. The minimum atomic E-state index is -0.749. The van der Waals surface area contributed by atoms with Gasteiger partial charge in [-0.2, -0.15) is 0 Å². The van der Waals surface area contributed by atoms with E-state index in [0.29, 0.717) is 28.8 Å². The van der Waals surface area contributed by atoms with Crippen LogP contribution in [0.15, 0.2) is 48.5 Å². The lowest BCUT2D eigenvalue weighted by Crippen LogP contribution is -2.37. The van der Waals surface area contributed by atoms with E-state index < -0.39 is 6.10 Å². The van der Waals surface area contributed by atoms with E-state index in [1.165, 1.54) is 0 Å². The van der Waals surface area contributed by atoms with Gasteiger partial charge < -0.3 is 20.4 Å². The van der Waals surface area contributed by atoms with Crippen LogP contribution in [0, 0.1) is 0 Å². The molecule has 0 fully saturated rings. The summed E-state index contributed by atoms with van der Waals surface area (Å²) in [4.78, 5) is 1.85. The number of benzene rings is 2. The number of aliphatic hydroxyl groups excluding tert-OH is 1. The van der Waals surface area contributed by atoms with Crippen molar-refractivity contribution >= 4 is 34.6 Å². The molecule has 0 spiro atoms. The Labute approximate surface area is 146 Å². The maximum atomic E-state index is 10.3. The summed E-state index contributed by atoms with van der Waals surface area (Å²) in [6.45, 7) is 2.93. The zero-order chi connectivity index (χ0) is 16.8. The molecule has 122 valence electrons. The number of phenols is 1. The van der Waals surface area contributed by atoms with E-state index in [4.69, 9.17) is 23.8 Å². The first kappa shape index (κ1) is 17.5. The predicted molar refractivity (Wildman–Crippen MR) is 98.0 cm³/mol. The summed E-state index contributed by atoms with van der Waals surface area (Å²) < 4.78 is 0. The van der Waals surface area contributed by atoms with Crippen molar-refractivity contribution in [1.82, 2.24) is 4.90 Å². The first-order chi connectivity index (χ1) is 11.0. The molecule has 0 heterocycles. The zero-order valence-corrected chi connectivity index (χ0v) is 14.3. The summed E-state index contributed by atoms with van der Waals surface area (Å²) >= 11 is 11.4. The molecule has 0 aromatic heterocycles. The third kappa shape index (κ3) is 5.10. The lowest BCUT2D eigenvalue weighted by molar-refractivity contribution is 0.146. The van der Waals surface area contributed by atoms with Gasteiger partial charge in [0.25, 0.3) is 0 Å². The molecule has 2 aromatic rings.